The van der Waals surface area contributed by atoms with Crippen molar-refractivity contribution >= 4 is 17.3 Å². The van der Waals surface area contributed by atoms with Crippen LogP contribution in [0.3, 0.4) is 0 Å². The third kappa shape index (κ3) is 3.24. The van der Waals surface area contributed by atoms with Gasteiger partial charge < -0.3 is 15.8 Å². The Morgan fingerprint density at radius 2 is 1.86 bits per heavy atom. The molecule has 0 aliphatic heterocycles. The average molecular weight is 284 g/mol. The minimum Gasteiger partial charge on any atom is -0.497 e. The van der Waals surface area contributed by atoms with Crippen molar-refractivity contribution in [3.8, 4) is 5.75 Å². The van der Waals surface area contributed by atoms with Crippen molar-refractivity contribution in [2.75, 3.05) is 18.2 Å². The summed E-state index contributed by atoms with van der Waals surface area (Å²) in [6.07, 6.45) is 4.82. The van der Waals surface area contributed by atoms with Gasteiger partial charge in [0.2, 0.25) is 0 Å². The molecule has 1 fully saturated rings. The van der Waals surface area contributed by atoms with Gasteiger partial charge in [-0.05, 0) is 37.1 Å². The SMILES string of the molecule is COc1ccc(Nc2cc(N)nc(C3CCCC3)n2)cc1. The van der Waals surface area contributed by atoms with Crippen molar-refractivity contribution in [3.05, 3.63) is 36.2 Å². The van der Waals surface area contributed by atoms with Gasteiger partial charge in [0.15, 0.2) is 0 Å². The minimum absolute atomic E-state index is 0.449. The number of hydrogen-bond acceptors (Lipinski definition) is 5. The third-order valence-electron chi connectivity index (χ3n) is 3.85. The van der Waals surface area contributed by atoms with E-state index in [2.05, 4.69) is 15.3 Å². The Bertz CT molecular complexity index is 606. The molecule has 2 aromatic rings. The van der Waals surface area contributed by atoms with Crippen molar-refractivity contribution in [2.24, 2.45) is 0 Å². The molecule has 5 nitrogen and oxygen atoms in total. The van der Waals surface area contributed by atoms with Crippen LogP contribution in [0, 0.1) is 0 Å². The summed E-state index contributed by atoms with van der Waals surface area (Å²) in [7, 11) is 1.65. The molecule has 5 heteroatoms. The number of rotatable bonds is 4. The molecule has 0 saturated heterocycles. The number of nitrogens with two attached hydrogens (primary N) is 1. The molecule has 110 valence electrons. The average Bonchev–Trinajstić information content (AvgIpc) is 3.02. The summed E-state index contributed by atoms with van der Waals surface area (Å²) in [4.78, 5) is 9.01. The number of aromatic nitrogens is 2. The summed E-state index contributed by atoms with van der Waals surface area (Å²) in [6.45, 7) is 0. The van der Waals surface area contributed by atoms with Crippen molar-refractivity contribution in [1.29, 1.82) is 0 Å². The highest BCUT2D eigenvalue weighted by atomic mass is 16.5. The van der Waals surface area contributed by atoms with E-state index in [1.807, 2.05) is 24.3 Å². The lowest BCUT2D eigenvalue weighted by atomic mass is 10.1. The van der Waals surface area contributed by atoms with Gasteiger partial charge in [0.1, 0.15) is 23.2 Å². The van der Waals surface area contributed by atoms with Gasteiger partial charge in [-0.2, -0.15) is 0 Å². The third-order valence-corrected chi connectivity index (χ3v) is 3.85. The quantitative estimate of drug-likeness (QED) is 0.899. The lowest BCUT2D eigenvalue weighted by molar-refractivity contribution is 0.415. The summed E-state index contributed by atoms with van der Waals surface area (Å²) in [6, 6.07) is 9.48. The van der Waals surface area contributed by atoms with Crippen LogP contribution in [0.1, 0.15) is 37.4 Å². The second-order valence-electron chi connectivity index (χ2n) is 5.37. The van der Waals surface area contributed by atoms with Crippen LogP contribution in [0.4, 0.5) is 17.3 Å². The van der Waals surface area contributed by atoms with Crippen LogP contribution in [0.5, 0.6) is 5.75 Å². The van der Waals surface area contributed by atoms with E-state index < -0.39 is 0 Å². The fourth-order valence-electron chi connectivity index (χ4n) is 2.74. The van der Waals surface area contributed by atoms with E-state index in [1.165, 1.54) is 12.8 Å². The second-order valence-corrected chi connectivity index (χ2v) is 5.37. The van der Waals surface area contributed by atoms with Crippen LogP contribution in [0.2, 0.25) is 0 Å². The molecule has 0 atom stereocenters. The molecule has 1 saturated carbocycles. The van der Waals surface area contributed by atoms with E-state index in [0.717, 1.165) is 35.9 Å². The number of ether oxygens (including phenoxy) is 1. The molecular weight excluding hydrogens is 264 g/mol. The Morgan fingerprint density at radius 1 is 1.14 bits per heavy atom. The van der Waals surface area contributed by atoms with Gasteiger partial charge in [-0.25, -0.2) is 9.97 Å². The maximum absolute atomic E-state index is 5.92. The van der Waals surface area contributed by atoms with Crippen molar-refractivity contribution in [2.45, 2.75) is 31.6 Å². The molecule has 0 spiro atoms. The van der Waals surface area contributed by atoms with E-state index in [4.69, 9.17) is 10.5 Å². The molecule has 1 aromatic heterocycles. The first-order chi connectivity index (χ1) is 10.2. The highest BCUT2D eigenvalue weighted by molar-refractivity contribution is 5.59. The number of nitrogen functional groups attached to an aromatic ring is 1. The van der Waals surface area contributed by atoms with Crippen molar-refractivity contribution < 1.29 is 4.74 Å². The number of benzene rings is 1. The van der Waals surface area contributed by atoms with Gasteiger partial charge in [0, 0.05) is 17.7 Å². The Kier molecular flexibility index (Phi) is 3.90. The predicted octanol–water partition coefficient (Wildman–Crippen LogP) is 3.47. The molecule has 21 heavy (non-hydrogen) atoms. The Balaban J connectivity index is 1.80. The first-order valence-corrected chi connectivity index (χ1v) is 7.30. The Morgan fingerprint density at radius 3 is 2.52 bits per heavy atom. The summed E-state index contributed by atoms with van der Waals surface area (Å²) in [5.74, 6) is 3.40. The molecule has 3 rings (SSSR count). The highest BCUT2D eigenvalue weighted by Crippen LogP contribution is 2.33. The van der Waals surface area contributed by atoms with Gasteiger partial charge in [0.05, 0.1) is 7.11 Å². The van der Waals surface area contributed by atoms with Crippen LogP contribution >= 0.6 is 0 Å². The van der Waals surface area contributed by atoms with E-state index in [9.17, 15) is 0 Å². The summed E-state index contributed by atoms with van der Waals surface area (Å²) >= 11 is 0. The van der Waals surface area contributed by atoms with Gasteiger partial charge in [0.25, 0.3) is 0 Å². The molecule has 0 radical (unpaired) electrons. The van der Waals surface area contributed by atoms with Gasteiger partial charge in [-0.1, -0.05) is 12.8 Å². The highest BCUT2D eigenvalue weighted by Gasteiger charge is 2.20. The van der Waals surface area contributed by atoms with Crippen molar-refractivity contribution in [1.82, 2.24) is 9.97 Å². The van der Waals surface area contributed by atoms with Crippen LogP contribution in [0.25, 0.3) is 0 Å². The molecular formula is C16H20N4O. The van der Waals surface area contributed by atoms with Crippen LogP contribution < -0.4 is 15.8 Å². The van der Waals surface area contributed by atoms with E-state index >= 15 is 0 Å². The Labute approximate surface area is 124 Å². The number of nitrogens with zero attached hydrogens (tertiary/aromatic N) is 2. The number of methoxy groups -OCH3 is 1. The maximum Gasteiger partial charge on any atom is 0.136 e. The molecule has 1 aliphatic rings. The topological polar surface area (TPSA) is 73.1 Å². The molecule has 1 aromatic carbocycles. The zero-order valence-corrected chi connectivity index (χ0v) is 12.2. The molecule has 0 unspecified atom stereocenters. The normalized spacial score (nSPS) is 15.1. The molecule has 0 bridgehead atoms. The van der Waals surface area contributed by atoms with Crippen molar-refractivity contribution in [3.63, 3.8) is 0 Å². The first kappa shape index (κ1) is 13.7. The minimum atomic E-state index is 0.449. The van der Waals surface area contributed by atoms with E-state index in [1.54, 1.807) is 13.2 Å². The van der Waals surface area contributed by atoms with E-state index in [0.29, 0.717) is 11.7 Å². The van der Waals surface area contributed by atoms with Crippen LogP contribution in [-0.2, 0) is 0 Å². The van der Waals surface area contributed by atoms with Gasteiger partial charge in [-0.15, -0.1) is 0 Å². The summed E-state index contributed by atoms with van der Waals surface area (Å²) < 4.78 is 5.15. The van der Waals surface area contributed by atoms with E-state index in [-0.39, 0.29) is 0 Å². The summed E-state index contributed by atoms with van der Waals surface area (Å²) in [5, 5.41) is 3.27. The predicted molar refractivity (Wildman–Crippen MR) is 83.9 cm³/mol. The van der Waals surface area contributed by atoms with Gasteiger partial charge >= 0.3 is 0 Å². The number of hydrogen-bond donors (Lipinski definition) is 2. The van der Waals surface area contributed by atoms with Crippen LogP contribution in [0.15, 0.2) is 30.3 Å². The lowest BCUT2D eigenvalue weighted by Gasteiger charge is -2.12. The largest absolute Gasteiger partial charge is 0.497 e. The smallest absolute Gasteiger partial charge is 0.136 e. The van der Waals surface area contributed by atoms with Gasteiger partial charge in [-0.3, -0.25) is 0 Å². The number of nitrogens with one attached hydrogen (secondary N) is 1. The Hall–Kier alpha value is -2.30. The monoisotopic (exact) mass is 284 g/mol. The molecule has 0 amide bonds. The molecule has 1 aliphatic carbocycles. The molecule has 1 heterocycles. The second kappa shape index (κ2) is 5.99. The fraction of sp³-hybridized carbons (Fsp3) is 0.375. The van der Waals surface area contributed by atoms with Crippen LogP contribution in [-0.4, -0.2) is 17.1 Å². The first-order valence-electron chi connectivity index (χ1n) is 7.30. The molecule has 3 N–H and O–H groups in total. The zero-order valence-electron chi connectivity index (χ0n) is 12.2. The lowest BCUT2D eigenvalue weighted by Crippen LogP contribution is -2.06. The number of anilines is 3. The maximum atomic E-state index is 5.92. The fourth-order valence-corrected chi connectivity index (χ4v) is 2.74. The zero-order chi connectivity index (χ0) is 14.7. The summed E-state index contributed by atoms with van der Waals surface area (Å²) in [5.41, 5.74) is 6.87. The standard InChI is InChI=1S/C16H20N4O/c1-21-13-8-6-12(7-9-13)18-15-10-14(17)19-16(20-15)11-4-2-3-5-11/h6-11H,2-5H2,1H3,(H3,17,18,19,20).